The summed E-state index contributed by atoms with van der Waals surface area (Å²) in [6.07, 6.45) is 3.76. The molecule has 0 amide bonds. The van der Waals surface area contributed by atoms with Crippen LogP contribution >= 0.6 is 7.75 Å². The second kappa shape index (κ2) is 11.5. The Balaban J connectivity index is 3.61. The second-order valence-electron chi connectivity index (χ2n) is 3.61. The predicted octanol–water partition coefficient (Wildman–Crippen LogP) is 3.63. The van der Waals surface area contributed by atoms with E-state index >= 15 is 0 Å². The molecule has 0 unspecified atom stereocenters. The van der Waals surface area contributed by atoms with E-state index < -0.39 is 7.75 Å². The van der Waals surface area contributed by atoms with Gasteiger partial charge in [-0.1, -0.05) is 18.0 Å². The Bertz CT molecular complexity index is 285. The van der Waals surface area contributed by atoms with Gasteiger partial charge in [-0.3, -0.25) is 9.05 Å². The molecular formula is C10H23N4O3P. The van der Waals surface area contributed by atoms with Crippen LogP contribution in [0.25, 0.3) is 10.4 Å². The van der Waals surface area contributed by atoms with Gasteiger partial charge in [-0.15, -0.1) is 0 Å². The van der Waals surface area contributed by atoms with Crippen LogP contribution in [0, 0.1) is 0 Å². The average molecular weight is 278 g/mol. The van der Waals surface area contributed by atoms with Crippen molar-refractivity contribution in [2.24, 2.45) is 5.11 Å². The highest BCUT2D eigenvalue weighted by atomic mass is 31.2. The molecule has 8 heteroatoms. The van der Waals surface area contributed by atoms with Crippen molar-refractivity contribution in [2.75, 3.05) is 26.3 Å². The zero-order chi connectivity index (χ0) is 13.7. The summed E-state index contributed by atoms with van der Waals surface area (Å²) >= 11 is 0. The Morgan fingerprint density at radius 3 is 2.33 bits per heavy atom. The van der Waals surface area contributed by atoms with Crippen LogP contribution in [0.15, 0.2) is 5.11 Å². The van der Waals surface area contributed by atoms with Crippen molar-refractivity contribution < 1.29 is 13.6 Å². The van der Waals surface area contributed by atoms with Crippen LogP contribution in [0.4, 0.5) is 0 Å². The normalized spacial score (nSPS) is 11.2. The number of hydrogen-bond donors (Lipinski definition) is 1. The molecule has 0 atom stereocenters. The van der Waals surface area contributed by atoms with E-state index in [0.717, 1.165) is 25.7 Å². The molecule has 0 saturated heterocycles. The minimum atomic E-state index is -3.10. The summed E-state index contributed by atoms with van der Waals surface area (Å²) < 4.78 is 22.2. The zero-order valence-corrected chi connectivity index (χ0v) is 12.1. The molecule has 1 N–H and O–H groups in total. The maximum absolute atomic E-state index is 12.0. The summed E-state index contributed by atoms with van der Waals surface area (Å²) in [5, 5.41) is 6.29. The van der Waals surface area contributed by atoms with Crippen molar-refractivity contribution in [1.29, 1.82) is 0 Å². The Hall–Kier alpha value is -0.580. The van der Waals surface area contributed by atoms with Crippen LogP contribution in [-0.2, 0) is 13.6 Å². The van der Waals surface area contributed by atoms with Crippen molar-refractivity contribution in [1.82, 2.24) is 5.09 Å². The summed E-state index contributed by atoms with van der Waals surface area (Å²) in [6.45, 7) is 5.41. The Kier molecular flexibility index (Phi) is 11.1. The van der Waals surface area contributed by atoms with E-state index in [0.29, 0.717) is 26.3 Å². The highest BCUT2D eigenvalue weighted by Crippen LogP contribution is 2.43. The lowest BCUT2D eigenvalue weighted by Gasteiger charge is -2.17. The van der Waals surface area contributed by atoms with Gasteiger partial charge in [0.05, 0.1) is 13.2 Å². The van der Waals surface area contributed by atoms with E-state index in [1.54, 1.807) is 13.8 Å². The fourth-order valence-electron chi connectivity index (χ4n) is 1.39. The first kappa shape index (κ1) is 17.4. The highest BCUT2D eigenvalue weighted by Gasteiger charge is 2.21. The summed E-state index contributed by atoms with van der Waals surface area (Å²) in [5.74, 6) is 0. The zero-order valence-electron chi connectivity index (χ0n) is 11.2. The molecule has 0 aliphatic carbocycles. The molecule has 0 fully saturated rings. The number of rotatable bonds is 12. The van der Waals surface area contributed by atoms with E-state index in [9.17, 15) is 4.57 Å². The van der Waals surface area contributed by atoms with Gasteiger partial charge in [0.15, 0.2) is 0 Å². The van der Waals surface area contributed by atoms with Gasteiger partial charge in [0, 0.05) is 18.0 Å². The molecule has 0 heterocycles. The Labute approximate surface area is 108 Å². The van der Waals surface area contributed by atoms with Gasteiger partial charge >= 0.3 is 7.75 Å². The molecule has 0 radical (unpaired) electrons. The molecule has 0 spiro atoms. The summed E-state index contributed by atoms with van der Waals surface area (Å²) in [6, 6.07) is 0. The van der Waals surface area contributed by atoms with Crippen molar-refractivity contribution >= 4 is 7.75 Å². The molecule has 0 aromatic carbocycles. The minimum Gasteiger partial charge on any atom is -0.297 e. The van der Waals surface area contributed by atoms with Gasteiger partial charge in [-0.25, -0.2) is 9.65 Å². The summed E-state index contributed by atoms with van der Waals surface area (Å²) in [4.78, 5) is 2.69. The molecule has 0 aromatic heterocycles. The number of nitrogens with one attached hydrogen (secondary N) is 1. The van der Waals surface area contributed by atoms with Gasteiger partial charge in [-0.2, -0.15) is 0 Å². The van der Waals surface area contributed by atoms with Gasteiger partial charge in [-0.05, 0) is 32.2 Å². The van der Waals surface area contributed by atoms with E-state index in [1.165, 1.54) is 0 Å². The maximum Gasteiger partial charge on any atom is 0.405 e. The summed E-state index contributed by atoms with van der Waals surface area (Å²) in [7, 11) is -3.10. The minimum absolute atomic E-state index is 0.358. The third-order valence-electron chi connectivity index (χ3n) is 2.15. The Morgan fingerprint density at radius 1 is 1.17 bits per heavy atom. The molecule has 0 rings (SSSR count). The standard InChI is InChI=1S/C10H23N4O3P/c1-3-16-18(15,17-4-2)13-10-8-6-5-7-9-12-14-11/h3-10H2,1-2H3,(H,13,15). The van der Waals surface area contributed by atoms with Crippen molar-refractivity contribution in [3.63, 3.8) is 0 Å². The molecule has 0 aliphatic heterocycles. The van der Waals surface area contributed by atoms with Crippen LogP contribution in [0.2, 0.25) is 0 Å². The van der Waals surface area contributed by atoms with Crippen LogP contribution in [0.3, 0.4) is 0 Å². The fourth-order valence-corrected chi connectivity index (χ4v) is 2.76. The predicted molar refractivity (Wildman–Crippen MR) is 71.3 cm³/mol. The first-order valence-corrected chi connectivity index (χ1v) is 7.88. The Morgan fingerprint density at radius 2 is 1.78 bits per heavy atom. The van der Waals surface area contributed by atoms with Crippen LogP contribution < -0.4 is 5.09 Å². The SMILES string of the molecule is CCOP(=O)(NCCCCCCN=[N+]=[N-])OCC. The van der Waals surface area contributed by atoms with Crippen molar-refractivity contribution in [2.45, 2.75) is 39.5 Å². The van der Waals surface area contributed by atoms with Gasteiger partial charge in [0.25, 0.3) is 0 Å². The van der Waals surface area contributed by atoms with Gasteiger partial charge in [0.1, 0.15) is 0 Å². The molecule has 18 heavy (non-hydrogen) atoms. The van der Waals surface area contributed by atoms with E-state index in [1.807, 2.05) is 0 Å². The van der Waals surface area contributed by atoms with Crippen molar-refractivity contribution in [3.05, 3.63) is 10.4 Å². The first-order chi connectivity index (χ1) is 8.68. The monoisotopic (exact) mass is 278 g/mol. The second-order valence-corrected chi connectivity index (χ2v) is 5.44. The molecule has 106 valence electrons. The highest BCUT2D eigenvalue weighted by molar-refractivity contribution is 7.51. The topological polar surface area (TPSA) is 96.3 Å². The van der Waals surface area contributed by atoms with Crippen LogP contribution in [0.1, 0.15) is 39.5 Å². The number of hydrogen-bond acceptors (Lipinski definition) is 4. The molecular weight excluding hydrogens is 255 g/mol. The number of azide groups is 1. The smallest absolute Gasteiger partial charge is 0.297 e. The molecule has 0 saturated carbocycles. The van der Waals surface area contributed by atoms with Crippen molar-refractivity contribution in [3.8, 4) is 0 Å². The summed E-state index contributed by atoms with van der Waals surface area (Å²) in [5.41, 5.74) is 8.09. The molecule has 7 nitrogen and oxygen atoms in total. The fraction of sp³-hybridized carbons (Fsp3) is 1.00. The lowest BCUT2D eigenvalue weighted by Crippen LogP contribution is -2.16. The quantitative estimate of drug-likeness (QED) is 0.194. The average Bonchev–Trinajstić information content (AvgIpc) is 2.33. The molecule has 0 aromatic rings. The van der Waals surface area contributed by atoms with Crippen LogP contribution in [-0.4, -0.2) is 26.3 Å². The molecule has 0 bridgehead atoms. The van der Waals surface area contributed by atoms with E-state index in [4.69, 9.17) is 14.6 Å². The van der Waals surface area contributed by atoms with E-state index in [2.05, 4.69) is 15.1 Å². The molecule has 0 aliphatic rings. The third-order valence-corrected chi connectivity index (χ3v) is 3.96. The third kappa shape index (κ3) is 9.45. The lowest BCUT2D eigenvalue weighted by molar-refractivity contribution is 0.210. The number of nitrogens with zero attached hydrogens (tertiary/aromatic N) is 3. The van der Waals surface area contributed by atoms with E-state index in [-0.39, 0.29) is 0 Å². The lowest BCUT2D eigenvalue weighted by atomic mass is 10.2. The maximum atomic E-state index is 12.0. The van der Waals surface area contributed by atoms with Gasteiger partial charge in [0.2, 0.25) is 0 Å². The first-order valence-electron chi connectivity index (χ1n) is 6.33. The van der Waals surface area contributed by atoms with Crippen LogP contribution in [0.5, 0.6) is 0 Å². The largest absolute Gasteiger partial charge is 0.405 e. The number of unbranched alkanes of at least 4 members (excludes halogenated alkanes) is 3. The van der Waals surface area contributed by atoms with Gasteiger partial charge < -0.3 is 0 Å².